The molecule has 0 amide bonds. The van der Waals surface area contributed by atoms with Gasteiger partial charge in [-0.15, -0.1) is 0 Å². The lowest BCUT2D eigenvalue weighted by atomic mass is 9.93. The van der Waals surface area contributed by atoms with Gasteiger partial charge in [0.25, 0.3) is 5.56 Å². The number of hydrogen-bond donors (Lipinski definition) is 1. The number of hydrogen-bond acceptors (Lipinski definition) is 4. The van der Waals surface area contributed by atoms with Crippen LogP contribution < -0.4 is 5.56 Å². The van der Waals surface area contributed by atoms with E-state index >= 15 is 0 Å². The van der Waals surface area contributed by atoms with Gasteiger partial charge in [0, 0.05) is 28.9 Å². The number of nitrogens with zero attached hydrogens (tertiary/aromatic N) is 2. The molecule has 154 valence electrons. The Morgan fingerprint density at radius 1 is 0.906 bits per heavy atom. The predicted octanol–water partition coefficient (Wildman–Crippen LogP) is 5.34. The number of H-pyrrole nitrogens is 1. The number of carbonyl (C=O) groups excluding carboxylic acids is 1. The largest absolute Gasteiger partial charge is 0.321 e. The van der Waals surface area contributed by atoms with Crippen LogP contribution in [0, 0.1) is 6.92 Å². The predicted molar refractivity (Wildman–Crippen MR) is 128 cm³/mol. The molecule has 0 bridgehead atoms. The van der Waals surface area contributed by atoms with Crippen LogP contribution in [0.1, 0.15) is 21.5 Å². The van der Waals surface area contributed by atoms with Crippen molar-refractivity contribution < 1.29 is 4.79 Å². The zero-order valence-electron chi connectivity index (χ0n) is 17.4. The first kappa shape index (κ1) is 19.6. The molecule has 0 unspecified atom stereocenters. The Hall–Kier alpha value is -4.38. The van der Waals surface area contributed by atoms with Crippen molar-refractivity contribution in [1.82, 2.24) is 15.0 Å². The molecule has 5 heteroatoms. The summed E-state index contributed by atoms with van der Waals surface area (Å²) >= 11 is 0. The molecular weight excluding hydrogens is 398 g/mol. The molecule has 3 aromatic carbocycles. The standard InChI is InChI=1S/C27H19N3O2/c1-17-6-10-19(11-7-17)25-20-4-2-3-5-21(20)30-27(32)26(25)24(31)13-9-18-8-12-22-23(16-18)29-15-14-28-22/h2-16H,1H3,(H,30,32)/b13-9+. The van der Waals surface area contributed by atoms with Gasteiger partial charge in [0.15, 0.2) is 5.78 Å². The number of fused-ring (bicyclic) bond motifs is 2. The van der Waals surface area contributed by atoms with Crippen molar-refractivity contribution in [2.75, 3.05) is 0 Å². The summed E-state index contributed by atoms with van der Waals surface area (Å²) in [6.07, 6.45) is 6.40. The summed E-state index contributed by atoms with van der Waals surface area (Å²) in [5.41, 5.74) is 5.33. The van der Waals surface area contributed by atoms with Crippen LogP contribution in [0.3, 0.4) is 0 Å². The van der Waals surface area contributed by atoms with Gasteiger partial charge in [-0.3, -0.25) is 19.6 Å². The lowest BCUT2D eigenvalue weighted by Crippen LogP contribution is -2.18. The maximum atomic E-state index is 13.3. The fourth-order valence-electron chi connectivity index (χ4n) is 3.84. The summed E-state index contributed by atoms with van der Waals surface area (Å²) in [6, 6.07) is 20.9. The molecular formula is C27H19N3O2. The minimum Gasteiger partial charge on any atom is -0.321 e. The molecule has 0 aliphatic heterocycles. The second kappa shape index (κ2) is 8.04. The number of aromatic amines is 1. The van der Waals surface area contributed by atoms with E-state index in [0.717, 1.165) is 33.1 Å². The molecule has 5 rings (SSSR count). The topological polar surface area (TPSA) is 75.7 Å². The molecule has 5 nitrogen and oxygen atoms in total. The molecule has 0 aliphatic carbocycles. The second-order valence-electron chi connectivity index (χ2n) is 7.62. The van der Waals surface area contributed by atoms with Crippen LogP contribution in [0.15, 0.2) is 90.0 Å². The summed E-state index contributed by atoms with van der Waals surface area (Å²) < 4.78 is 0. The second-order valence-corrected chi connectivity index (χ2v) is 7.62. The van der Waals surface area contributed by atoms with Crippen molar-refractivity contribution in [3.8, 4) is 11.1 Å². The van der Waals surface area contributed by atoms with Gasteiger partial charge >= 0.3 is 0 Å². The van der Waals surface area contributed by atoms with Crippen molar-refractivity contribution in [2.45, 2.75) is 6.92 Å². The van der Waals surface area contributed by atoms with Crippen LogP contribution in [-0.2, 0) is 0 Å². The van der Waals surface area contributed by atoms with E-state index in [1.165, 1.54) is 6.08 Å². The third-order valence-electron chi connectivity index (χ3n) is 5.43. The zero-order chi connectivity index (χ0) is 22.1. The van der Waals surface area contributed by atoms with Gasteiger partial charge < -0.3 is 4.98 Å². The van der Waals surface area contributed by atoms with E-state index in [-0.39, 0.29) is 11.3 Å². The first-order valence-electron chi connectivity index (χ1n) is 10.3. The molecule has 0 fully saturated rings. The molecule has 32 heavy (non-hydrogen) atoms. The van der Waals surface area contributed by atoms with E-state index in [1.807, 2.05) is 73.7 Å². The molecule has 0 saturated carbocycles. The van der Waals surface area contributed by atoms with E-state index in [1.54, 1.807) is 18.5 Å². The summed E-state index contributed by atoms with van der Waals surface area (Å²) in [5.74, 6) is -0.355. The molecule has 2 heterocycles. The Kier molecular flexibility index (Phi) is 4.92. The van der Waals surface area contributed by atoms with Crippen molar-refractivity contribution in [3.63, 3.8) is 0 Å². The maximum absolute atomic E-state index is 13.3. The number of ketones is 1. The van der Waals surface area contributed by atoms with Gasteiger partial charge in [-0.05, 0) is 42.3 Å². The Morgan fingerprint density at radius 2 is 1.66 bits per heavy atom. The maximum Gasteiger partial charge on any atom is 0.260 e. The molecule has 1 N–H and O–H groups in total. The molecule has 5 aromatic rings. The summed E-state index contributed by atoms with van der Waals surface area (Å²) in [6.45, 7) is 2.00. The first-order chi connectivity index (χ1) is 15.6. The molecule has 0 atom stereocenters. The first-order valence-corrected chi connectivity index (χ1v) is 10.3. The average molecular weight is 417 g/mol. The zero-order valence-corrected chi connectivity index (χ0v) is 17.4. The van der Waals surface area contributed by atoms with Crippen molar-refractivity contribution in [2.24, 2.45) is 0 Å². The number of carbonyl (C=O) groups is 1. The van der Waals surface area contributed by atoms with E-state index in [4.69, 9.17) is 0 Å². The molecule has 0 aliphatic rings. The SMILES string of the molecule is Cc1ccc(-c2c(C(=O)/C=C/c3ccc4nccnc4c3)c(=O)[nH]c3ccccc23)cc1. The van der Waals surface area contributed by atoms with Crippen LogP contribution in [-0.4, -0.2) is 20.7 Å². The summed E-state index contributed by atoms with van der Waals surface area (Å²) in [7, 11) is 0. The van der Waals surface area contributed by atoms with Gasteiger partial charge in [-0.1, -0.05) is 60.2 Å². The van der Waals surface area contributed by atoms with Crippen LogP contribution in [0.5, 0.6) is 0 Å². The lowest BCUT2D eigenvalue weighted by molar-refractivity contribution is 0.104. The number of para-hydroxylation sites is 1. The molecule has 0 spiro atoms. The minimum absolute atomic E-state index is 0.129. The Balaban J connectivity index is 1.63. The van der Waals surface area contributed by atoms with Crippen molar-refractivity contribution in [1.29, 1.82) is 0 Å². The smallest absolute Gasteiger partial charge is 0.260 e. The highest BCUT2D eigenvalue weighted by molar-refractivity contribution is 6.15. The quantitative estimate of drug-likeness (QED) is 0.316. The van der Waals surface area contributed by atoms with Crippen LogP contribution >= 0.6 is 0 Å². The summed E-state index contributed by atoms with van der Waals surface area (Å²) in [5, 5.41) is 0.827. The Morgan fingerprint density at radius 3 is 2.47 bits per heavy atom. The molecule has 0 radical (unpaired) electrons. The number of allylic oxidation sites excluding steroid dienone is 1. The van der Waals surface area contributed by atoms with E-state index < -0.39 is 5.56 Å². The fraction of sp³-hybridized carbons (Fsp3) is 0.0370. The number of aryl methyl sites for hydroxylation is 1. The highest BCUT2D eigenvalue weighted by Gasteiger charge is 2.19. The Bertz CT molecular complexity index is 1560. The van der Waals surface area contributed by atoms with Crippen molar-refractivity contribution in [3.05, 3.63) is 112 Å². The Labute approximate surface area is 184 Å². The van der Waals surface area contributed by atoms with E-state index in [9.17, 15) is 9.59 Å². The van der Waals surface area contributed by atoms with Crippen molar-refractivity contribution >= 4 is 33.8 Å². The van der Waals surface area contributed by atoms with Gasteiger partial charge in [0.2, 0.25) is 0 Å². The normalized spacial score (nSPS) is 11.4. The number of nitrogens with one attached hydrogen (secondary N) is 1. The van der Waals surface area contributed by atoms with Gasteiger partial charge in [-0.2, -0.15) is 0 Å². The lowest BCUT2D eigenvalue weighted by Gasteiger charge is -2.11. The average Bonchev–Trinajstić information content (AvgIpc) is 2.82. The minimum atomic E-state index is -0.404. The molecule has 2 aromatic heterocycles. The fourth-order valence-corrected chi connectivity index (χ4v) is 3.84. The van der Waals surface area contributed by atoms with E-state index in [0.29, 0.717) is 11.1 Å². The van der Waals surface area contributed by atoms with Gasteiger partial charge in [0.05, 0.1) is 16.6 Å². The number of pyridine rings is 1. The highest BCUT2D eigenvalue weighted by atomic mass is 16.1. The number of rotatable bonds is 4. The third-order valence-corrected chi connectivity index (χ3v) is 5.43. The van der Waals surface area contributed by atoms with Crippen LogP contribution in [0.4, 0.5) is 0 Å². The highest BCUT2D eigenvalue weighted by Crippen LogP contribution is 2.30. The number of benzene rings is 3. The van der Waals surface area contributed by atoms with Gasteiger partial charge in [0.1, 0.15) is 0 Å². The van der Waals surface area contributed by atoms with Crippen LogP contribution in [0.2, 0.25) is 0 Å². The monoisotopic (exact) mass is 417 g/mol. The summed E-state index contributed by atoms with van der Waals surface area (Å²) in [4.78, 5) is 37.7. The van der Waals surface area contributed by atoms with Gasteiger partial charge in [-0.25, -0.2) is 0 Å². The molecule has 0 saturated heterocycles. The van der Waals surface area contributed by atoms with Crippen LogP contribution in [0.25, 0.3) is 39.1 Å². The van der Waals surface area contributed by atoms with E-state index in [2.05, 4.69) is 15.0 Å². The number of aromatic nitrogens is 3. The third kappa shape index (κ3) is 3.61.